The van der Waals surface area contributed by atoms with Gasteiger partial charge >= 0.3 is 0 Å². The summed E-state index contributed by atoms with van der Waals surface area (Å²) in [7, 11) is 1.56. The van der Waals surface area contributed by atoms with E-state index in [9.17, 15) is 19.7 Å². The van der Waals surface area contributed by atoms with Gasteiger partial charge in [-0.15, -0.1) is 0 Å². The number of hydrogen-bond acceptors (Lipinski definition) is 7. The number of nitro groups is 1. The molecule has 0 atom stereocenters. The van der Waals surface area contributed by atoms with Crippen molar-refractivity contribution in [2.45, 2.75) is 0 Å². The lowest BCUT2D eigenvalue weighted by Crippen LogP contribution is -2.20. The molecule has 0 aliphatic rings. The lowest BCUT2D eigenvalue weighted by atomic mass is 10.2. The second kappa shape index (κ2) is 11.0. The molecule has 168 valence electrons. The van der Waals surface area contributed by atoms with Gasteiger partial charge in [-0.2, -0.15) is 5.10 Å². The van der Waals surface area contributed by atoms with Crippen LogP contribution in [0.4, 0.5) is 11.4 Å². The number of hydrazone groups is 1. The highest BCUT2D eigenvalue weighted by molar-refractivity contribution is 5.95. The number of carbonyl (C=O) groups excluding carboxylic acids is 2. The van der Waals surface area contributed by atoms with Gasteiger partial charge in [0.25, 0.3) is 17.5 Å². The molecule has 0 unspecified atom stereocenters. The van der Waals surface area contributed by atoms with E-state index < -0.39 is 10.8 Å². The minimum atomic E-state index is -0.604. The maximum atomic E-state index is 12.2. The molecular weight excluding hydrogens is 428 g/mol. The maximum absolute atomic E-state index is 12.2. The largest absolute Gasteiger partial charge is 0.497 e. The van der Waals surface area contributed by atoms with Crippen LogP contribution in [0.1, 0.15) is 15.9 Å². The van der Waals surface area contributed by atoms with Crippen molar-refractivity contribution in [2.24, 2.45) is 5.10 Å². The number of ether oxygens (including phenoxy) is 2. The van der Waals surface area contributed by atoms with Gasteiger partial charge < -0.3 is 14.8 Å². The van der Waals surface area contributed by atoms with Crippen LogP contribution in [0.15, 0.2) is 77.9 Å². The molecule has 33 heavy (non-hydrogen) atoms. The van der Waals surface area contributed by atoms with Crippen LogP contribution >= 0.6 is 0 Å². The van der Waals surface area contributed by atoms with E-state index >= 15 is 0 Å². The second-order valence-electron chi connectivity index (χ2n) is 6.61. The topological polar surface area (TPSA) is 132 Å². The zero-order valence-corrected chi connectivity index (χ0v) is 17.6. The van der Waals surface area contributed by atoms with E-state index in [4.69, 9.17) is 9.47 Å². The monoisotopic (exact) mass is 448 g/mol. The molecule has 3 aromatic carbocycles. The van der Waals surface area contributed by atoms with E-state index in [-0.39, 0.29) is 23.8 Å². The van der Waals surface area contributed by atoms with Crippen molar-refractivity contribution in [3.05, 3.63) is 94.0 Å². The molecule has 0 saturated heterocycles. The Bertz CT molecular complexity index is 1180. The molecule has 0 heterocycles. The molecule has 0 aliphatic heterocycles. The average Bonchev–Trinajstić information content (AvgIpc) is 2.84. The molecule has 0 aliphatic carbocycles. The Balaban J connectivity index is 1.57. The molecule has 2 amide bonds. The number of benzene rings is 3. The first-order valence-corrected chi connectivity index (χ1v) is 9.70. The smallest absolute Gasteiger partial charge is 0.271 e. The number of nitrogens with zero attached hydrogens (tertiary/aromatic N) is 2. The Morgan fingerprint density at radius 3 is 2.55 bits per heavy atom. The Kier molecular flexibility index (Phi) is 7.68. The van der Waals surface area contributed by atoms with E-state index in [1.54, 1.807) is 55.6 Å². The van der Waals surface area contributed by atoms with Crippen molar-refractivity contribution in [1.82, 2.24) is 5.43 Å². The lowest BCUT2D eigenvalue weighted by molar-refractivity contribution is -0.384. The quantitative estimate of drug-likeness (QED) is 0.293. The number of anilines is 1. The van der Waals surface area contributed by atoms with Gasteiger partial charge in [-0.05, 0) is 42.5 Å². The van der Waals surface area contributed by atoms with Gasteiger partial charge in [0.2, 0.25) is 0 Å². The summed E-state index contributed by atoms with van der Waals surface area (Å²) in [5.74, 6) is 0.101. The highest BCUT2D eigenvalue weighted by Gasteiger charge is 2.11. The fourth-order valence-electron chi connectivity index (χ4n) is 2.72. The van der Waals surface area contributed by atoms with Crippen LogP contribution in [0.3, 0.4) is 0 Å². The number of carbonyl (C=O) groups is 2. The van der Waals surface area contributed by atoms with E-state index in [1.165, 1.54) is 24.4 Å². The Hall–Kier alpha value is -4.73. The lowest BCUT2D eigenvalue weighted by Gasteiger charge is -2.10. The third-order valence-electron chi connectivity index (χ3n) is 4.34. The van der Waals surface area contributed by atoms with Crippen LogP contribution in [-0.2, 0) is 4.79 Å². The van der Waals surface area contributed by atoms with Gasteiger partial charge in [-0.3, -0.25) is 19.7 Å². The summed E-state index contributed by atoms with van der Waals surface area (Å²) < 4.78 is 10.7. The Morgan fingerprint density at radius 2 is 1.82 bits per heavy atom. The molecule has 0 radical (unpaired) electrons. The van der Waals surface area contributed by atoms with Gasteiger partial charge in [0.1, 0.15) is 11.5 Å². The molecule has 0 saturated carbocycles. The van der Waals surface area contributed by atoms with E-state index in [1.807, 2.05) is 0 Å². The van der Waals surface area contributed by atoms with Crippen LogP contribution in [0, 0.1) is 10.1 Å². The molecule has 0 bridgehead atoms. The molecular formula is C23H20N4O6. The van der Waals surface area contributed by atoms with E-state index in [0.29, 0.717) is 22.7 Å². The van der Waals surface area contributed by atoms with Crippen LogP contribution in [0.5, 0.6) is 11.5 Å². The third kappa shape index (κ3) is 6.62. The zero-order valence-electron chi connectivity index (χ0n) is 17.6. The summed E-state index contributed by atoms with van der Waals surface area (Å²) in [5, 5.41) is 17.4. The maximum Gasteiger partial charge on any atom is 0.271 e. The number of amides is 2. The van der Waals surface area contributed by atoms with Crippen LogP contribution in [0.25, 0.3) is 0 Å². The average molecular weight is 448 g/mol. The molecule has 0 fully saturated rings. The van der Waals surface area contributed by atoms with Crippen molar-refractivity contribution < 1.29 is 24.0 Å². The van der Waals surface area contributed by atoms with Crippen molar-refractivity contribution >= 4 is 29.4 Å². The molecule has 10 nitrogen and oxygen atoms in total. The van der Waals surface area contributed by atoms with Crippen molar-refractivity contribution in [3.8, 4) is 11.5 Å². The minimum absolute atomic E-state index is 0.0982. The van der Waals surface area contributed by atoms with Gasteiger partial charge in [-0.1, -0.05) is 18.2 Å². The van der Waals surface area contributed by atoms with Crippen molar-refractivity contribution in [2.75, 3.05) is 19.0 Å². The van der Waals surface area contributed by atoms with Gasteiger partial charge in [-0.25, -0.2) is 5.43 Å². The van der Waals surface area contributed by atoms with Gasteiger partial charge in [0, 0.05) is 28.9 Å². The predicted molar refractivity (Wildman–Crippen MR) is 122 cm³/mol. The highest BCUT2D eigenvalue weighted by atomic mass is 16.6. The summed E-state index contributed by atoms with van der Waals surface area (Å²) in [6.07, 6.45) is 1.35. The molecule has 2 N–H and O–H groups in total. The van der Waals surface area contributed by atoms with Crippen LogP contribution in [0.2, 0.25) is 0 Å². The summed E-state index contributed by atoms with van der Waals surface area (Å²) in [4.78, 5) is 34.6. The van der Waals surface area contributed by atoms with Crippen LogP contribution in [-0.4, -0.2) is 36.7 Å². The van der Waals surface area contributed by atoms with Gasteiger partial charge in [0.05, 0.1) is 18.2 Å². The summed E-state index contributed by atoms with van der Waals surface area (Å²) in [6.45, 7) is -0.239. The Morgan fingerprint density at radius 1 is 1.06 bits per heavy atom. The number of nitrogens with one attached hydrogen (secondary N) is 2. The molecule has 10 heteroatoms. The number of rotatable bonds is 9. The number of non-ortho nitro benzene ring substituents is 1. The summed E-state index contributed by atoms with van der Waals surface area (Å²) in [5.41, 5.74) is 3.34. The highest BCUT2D eigenvalue weighted by Crippen LogP contribution is 2.17. The Labute approximate surface area is 189 Å². The SMILES string of the molecule is COc1ccc(NC(=O)COc2ccccc2C=NNC(=O)c2cccc([N+](=O)[O-])c2)cc1. The standard InChI is InChI=1S/C23H20N4O6/c1-32-20-11-9-18(10-12-20)25-22(28)15-33-21-8-3-2-5-17(21)14-24-26-23(29)16-6-4-7-19(13-16)27(30)31/h2-14H,15H2,1H3,(H,25,28)(H,26,29). The summed E-state index contributed by atoms with van der Waals surface area (Å²) >= 11 is 0. The minimum Gasteiger partial charge on any atom is -0.497 e. The first-order chi connectivity index (χ1) is 16.0. The fraction of sp³-hybridized carbons (Fsp3) is 0.0870. The first-order valence-electron chi connectivity index (χ1n) is 9.70. The fourth-order valence-corrected chi connectivity index (χ4v) is 2.72. The second-order valence-corrected chi connectivity index (χ2v) is 6.61. The molecule has 3 aromatic rings. The van der Waals surface area contributed by atoms with Crippen LogP contribution < -0.4 is 20.2 Å². The molecule has 0 spiro atoms. The van der Waals surface area contributed by atoms with E-state index in [2.05, 4.69) is 15.8 Å². The number of para-hydroxylation sites is 1. The zero-order chi connectivity index (χ0) is 23.6. The normalized spacial score (nSPS) is 10.5. The van der Waals surface area contributed by atoms with E-state index in [0.717, 1.165) is 6.07 Å². The first kappa shape index (κ1) is 22.9. The van der Waals surface area contributed by atoms with Gasteiger partial charge in [0.15, 0.2) is 6.61 Å². The van der Waals surface area contributed by atoms with Crippen molar-refractivity contribution in [1.29, 1.82) is 0 Å². The van der Waals surface area contributed by atoms with Crippen molar-refractivity contribution in [3.63, 3.8) is 0 Å². The number of nitro benzene ring substituents is 1. The molecule has 3 rings (SSSR count). The molecule has 0 aromatic heterocycles. The predicted octanol–water partition coefficient (Wildman–Crippen LogP) is 3.38. The number of methoxy groups -OCH3 is 1. The summed E-state index contributed by atoms with van der Waals surface area (Å²) in [6, 6.07) is 19.0. The third-order valence-corrected chi connectivity index (χ3v) is 4.34. The number of hydrogen-bond donors (Lipinski definition) is 2.